The fourth-order valence-corrected chi connectivity index (χ4v) is 2.51. The van der Waals surface area contributed by atoms with Gasteiger partial charge >= 0.3 is 0 Å². The summed E-state index contributed by atoms with van der Waals surface area (Å²) in [6.45, 7) is 0.253. The molecule has 1 aromatic carbocycles. The summed E-state index contributed by atoms with van der Waals surface area (Å²) in [7, 11) is -0.499. The third-order valence-electron chi connectivity index (χ3n) is 1.90. The summed E-state index contributed by atoms with van der Waals surface area (Å²) < 4.78 is 39.3. The highest BCUT2D eigenvalue weighted by atomic mass is 32.2. The van der Waals surface area contributed by atoms with Gasteiger partial charge < -0.3 is 0 Å². The lowest BCUT2D eigenvalue weighted by molar-refractivity contribution is 0.508. The van der Waals surface area contributed by atoms with Crippen molar-refractivity contribution in [2.45, 2.75) is 4.90 Å². The van der Waals surface area contributed by atoms with Crippen LogP contribution < -0.4 is 4.72 Å². The lowest BCUT2D eigenvalue weighted by Gasteiger charge is -2.11. The zero-order valence-electron chi connectivity index (χ0n) is 9.60. The molecule has 0 saturated carbocycles. The molecule has 4 nitrogen and oxygen atoms in total. The Morgan fingerprint density at radius 2 is 2.24 bits per heavy atom. The van der Waals surface area contributed by atoms with Crippen LogP contribution in [0.25, 0.3) is 0 Å². The first-order valence-corrected chi connectivity index (χ1v) is 7.31. The molecule has 1 radical (unpaired) electrons. The fraction of sp³-hybridized carbons (Fsp3) is 0.400. The van der Waals surface area contributed by atoms with E-state index in [1.165, 1.54) is 31.9 Å². The van der Waals surface area contributed by atoms with E-state index in [1.807, 2.05) is 0 Å². The van der Waals surface area contributed by atoms with Crippen LogP contribution in [0.1, 0.15) is 0 Å². The van der Waals surface area contributed by atoms with Crippen LogP contribution in [0.4, 0.5) is 4.39 Å². The standard InChI is InChI=1S/C10H14FN2O2S2/c1-13(2)17(14,15)12-7-8-16-10-6-4-3-5-9(10)11/h4-6,12H,7-8H2,1-2H3. The van der Waals surface area contributed by atoms with E-state index in [9.17, 15) is 12.8 Å². The van der Waals surface area contributed by atoms with Gasteiger partial charge in [0.1, 0.15) is 5.82 Å². The zero-order chi connectivity index (χ0) is 12.9. The van der Waals surface area contributed by atoms with Crippen LogP contribution in [0.5, 0.6) is 0 Å². The van der Waals surface area contributed by atoms with Gasteiger partial charge in [-0.2, -0.15) is 12.7 Å². The number of benzene rings is 1. The van der Waals surface area contributed by atoms with Crippen molar-refractivity contribution in [2.75, 3.05) is 26.4 Å². The van der Waals surface area contributed by atoms with Gasteiger partial charge in [0, 0.05) is 31.3 Å². The Labute approximate surface area is 105 Å². The largest absolute Gasteiger partial charge is 0.278 e. The second-order valence-corrected chi connectivity index (χ2v) is 6.49. The van der Waals surface area contributed by atoms with Crippen molar-refractivity contribution in [3.8, 4) is 0 Å². The molecule has 0 bridgehead atoms. The number of hydrogen-bond donors (Lipinski definition) is 1. The molecule has 1 N–H and O–H groups in total. The third kappa shape index (κ3) is 4.63. The Hall–Kier alpha value is -0.630. The molecule has 0 aliphatic heterocycles. The van der Waals surface area contributed by atoms with E-state index in [2.05, 4.69) is 10.8 Å². The Morgan fingerprint density at radius 1 is 1.53 bits per heavy atom. The van der Waals surface area contributed by atoms with Crippen molar-refractivity contribution in [1.82, 2.24) is 9.03 Å². The van der Waals surface area contributed by atoms with Crippen molar-refractivity contribution in [1.29, 1.82) is 0 Å². The highest BCUT2D eigenvalue weighted by Crippen LogP contribution is 2.20. The van der Waals surface area contributed by atoms with E-state index >= 15 is 0 Å². The van der Waals surface area contributed by atoms with E-state index < -0.39 is 10.2 Å². The van der Waals surface area contributed by atoms with Gasteiger partial charge in [-0.3, -0.25) is 0 Å². The summed E-state index contributed by atoms with van der Waals surface area (Å²) in [6, 6.07) is 7.11. The van der Waals surface area contributed by atoms with Gasteiger partial charge in [-0.05, 0) is 18.2 Å². The molecule has 0 unspecified atom stereocenters. The summed E-state index contributed by atoms with van der Waals surface area (Å²) in [5.74, 6) is 0.126. The van der Waals surface area contributed by atoms with E-state index in [0.29, 0.717) is 10.6 Å². The Kier molecular flexibility index (Phi) is 5.38. The molecule has 0 fully saturated rings. The first-order valence-electron chi connectivity index (χ1n) is 4.89. The molecule has 17 heavy (non-hydrogen) atoms. The number of nitrogens with zero attached hydrogens (tertiary/aromatic N) is 1. The Balaban J connectivity index is 2.38. The summed E-state index contributed by atoms with van der Waals surface area (Å²) in [6.07, 6.45) is 0. The summed E-state index contributed by atoms with van der Waals surface area (Å²) in [5, 5.41) is 0. The number of halogens is 1. The van der Waals surface area contributed by atoms with Gasteiger partial charge in [-0.15, -0.1) is 11.8 Å². The lowest BCUT2D eigenvalue weighted by Crippen LogP contribution is -2.36. The van der Waals surface area contributed by atoms with E-state index in [4.69, 9.17) is 0 Å². The minimum atomic E-state index is -3.39. The maximum absolute atomic E-state index is 13.2. The van der Waals surface area contributed by atoms with Gasteiger partial charge in [-0.25, -0.2) is 9.11 Å². The minimum absolute atomic E-state index is 0.253. The SMILES string of the molecule is CN(C)S(=O)(=O)NCCSc1cc[c]cc1F. The van der Waals surface area contributed by atoms with Crippen molar-refractivity contribution in [2.24, 2.45) is 0 Å². The van der Waals surface area contributed by atoms with Gasteiger partial charge in [-0.1, -0.05) is 6.07 Å². The number of nitrogens with one attached hydrogen (secondary N) is 1. The predicted octanol–water partition coefficient (Wildman–Crippen LogP) is 1.11. The molecule has 0 spiro atoms. The van der Waals surface area contributed by atoms with Crippen LogP contribution >= 0.6 is 11.8 Å². The van der Waals surface area contributed by atoms with Crippen molar-refractivity contribution in [3.05, 3.63) is 30.1 Å². The lowest BCUT2D eigenvalue weighted by atomic mass is 10.3. The zero-order valence-corrected chi connectivity index (χ0v) is 11.2. The van der Waals surface area contributed by atoms with Crippen molar-refractivity contribution < 1.29 is 12.8 Å². The average Bonchev–Trinajstić information content (AvgIpc) is 2.26. The maximum Gasteiger partial charge on any atom is 0.278 e. The summed E-state index contributed by atoms with van der Waals surface area (Å²) in [5.41, 5.74) is 0. The van der Waals surface area contributed by atoms with Crippen LogP contribution in [0.3, 0.4) is 0 Å². The van der Waals surface area contributed by atoms with Crippen LogP contribution in [0, 0.1) is 11.9 Å². The second-order valence-electron chi connectivity index (χ2n) is 3.39. The maximum atomic E-state index is 13.2. The molecule has 1 aromatic rings. The molecule has 0 aromatic heterocycles. The van der Waals surface area contributed by atoms with Crippen LogP contribution in [-0.2, 0) is 10.2 Å². The Bertz CT molecular complexity index is 463. The fourth-order valence-electron chi connectivity index (χ4n) is 0.974. The van der Waals surface area contributed by atoms with Gasteiger partial charge in [0.05, 0.1) is 0 Å². The number of rotatable bonds is 6. The molecule has 0 aliphatic rings. The molecule has 0 amide bonds. The highest BCUT2D eigenvalue weighted by Gasteiger charge is 2.11. The van der Waals surface area contributed by atoms with Gasteiger partial charge in [0.15, 0.2) is 0 Å². The number of hydrogen-bond acceptors (Lipinski definition) is 3. The Morgan fingerprint density at radius 3 is 2.82 bits per heavy atom. The van der Waals surface area contributed by atoms with Gasteiger partial charge in [0.2, 0.25) is 0 Å². The quantitative estimate of drug-likeness (QED) is 0.626. The minimum Gasteiger partial charge on any atom is -0.206 e. The average molecular weight is 277 g/mol. The smallest absolute Gasteiger partial charge is 0.206 e. The van der Waals surface area contributed by atoms with Gasteiger partial charge in [0.25, 0.3) is 10.2 Å². The highest BCUT2D eigenvalue weighted by molar-refractivity contribution is 7.99. The second kappa shape index (κ2) is 6.34. The molecule has 0 saturated heterocycles. The normalized spacial score (nSPS) is 12.0. The monoisotopic (exact) mass is 277 g/mol. The molecule has 95 valence electrons. The third-order valence-corrected chi connectivity index (χ3v) is 4.48. The molecule has 7 heteroatoms. The van der Waals surface area contributed by atoms with Crippen LogP contribution in [0.2, 0.25) is 0 Å². The van der Waals surface area contributed by atoms with Crippen LogP contribution in [-0.4, -0.2) is 39.1 Å². The van der Waals surface area contributed by atoms with Crippen molar-refractivity contribution >= 4 is 22.0 Å². The number of thioether (sulfide) groups is 1. The van der Waals surface area contributed by atoms with E-state index in [0.717, 1.165) is 4.31 Å². The summed E-state index contributed by atoms with van der Waals surface area (Å²) in [4.78, 5) is 0.493. The van der Waals surface area contributed by atoms with E-state index in [1.54, 1.807) is 12.1 Å². The molecular weight excluding hydrogens is 263 g/mol. The molecule has 0 aliphatic carbocycles. The van der Waals surface area contributed by atoms with Crippen LogP contribution in [0.15, 0.2) is 23.1 Å². The summed E-state index contributed by atoms with van der Waals surface area (Å²) >= 11 is 1.26. The van der Waals surface area contributed by atoms with Crippen molar-refractivity contribution in [3.63, 3.8) is 0 Å². The first kappa shape index (κ1) is 14.4. The molecule has 0 heterocycles. The predicted molar refractivity (Wildman–Crippen MR) is 66.6 cm³/mol. The molecule has 1 rings (SSSR count). The topological polar surface area (TPSA) is 49.4 Å². The van der Waals surface area contributed by atoms with E-state index in [-0.39, 0.29) is 12.4 Å². The molecular formula is C10H14FN2O2S2. The molecule has 0 atom stereocenters. The first-order chi connectivity index (χ1) is 7.93.